The summed E-state index contributed by atoms with van der Waals surface area (Å²) in [5.74, 6) is -0.194. The van der Waals surface area contributed by atoms with Crippen LogP contribution in [0.3, 0.4) is 0 Å². The zero-order chi connectivity index (χ0) is 14.9. The number of carboxylic acid groups (broad SMARTS) is 1. The second-order valence-electron chi connectivity index (χ2n) is 6.78. The molecular formula is C16H24N2O2. The predicted octanol–water partition coefficient (Wildman–Crippen LogP) is 3.35. The van der Waals surface area contributed by atoms with Crippen LogP contribution in [-0.4, -0.2) is 29.1 Å². The number of aromatic nitrogens is 1. The van der Waals surface area contributed by atoms with Gasteiger partial charge in [0, 0.05) is 25.0 Å². The van der Waals surface area contributed by atoms with Gasteiger partial charge in [-0.15, -0.1) is 0 Å². The number of rotatable bonds is 2. The molecule has 4 heteroatoms. The highest BCUT2D eigenvalue weighted by molar-refractivity contribution is 5.94. The zero-order valence-electron chi connectivity index (χ0n) is 12.8. The summed E-state index contributed by atoms with van der Waals surface area (Å²) >= 11 is 0. The highest BCUT2D eigenvalue weighted by atomic mass is 16.4. The summed E-state index contributed by atoms with van der Waals surface area (Å²) in [5.41, 5.74) is 2.32. The molecule has 1 saturated heterocycles. The molecule has 0 spiro atoms. The fraction of sp³-hybridized carbons (Fsp3) is 0.625. The average Bonchev–Trinajstić information content (AvgIpc) is 2.37. The monoisotopic (exact) mass is 276 g/mol. The Bertz CT molecular complexity index is 498. The molecule has 110 valence electrons. The Hall–Kier alpha value is -1.58. The standard InChI is InChI=1S/C16H24N2O2/c1-11-9-14(13(10-17-11)15(19)20)18-7-5-12(6-8-18)16(2,3)4/h9-10,12H,5-8H2,1-4H3,(H,19,20). The maximum absolute atomic E-state index is 11.3. The van der Waals surface area contributed by atoms with Crippen molar-refractivity contribution < 1.29 is 9.90 Å². The number of carbonyl (C=O) groups is 1. The second kappa shape index (κ2) is 5.43. The Morgan fingerprint density at radius 1 is 1.35 bits per heavy atom. The number of aryl methyl sites for hydroxylation is 1. The molecule has 20 heavy (non-hydrogen) atoms. The minimum absolute atomic E-state index is 0.310. The van der Waals surface area contributed by atoms with E-state index in [4.69, 9.17) is 0 Å². The van der Waals surface area contributed by atoms with Gasteiger partial charge in [-0.3, -0.25) is 4.98 Å². The largest absolute Gasteiger partial charge is 0.478 e. The van der Waals surface area contributed by atoms with Crippen molar-refractivity contribution in [2.75, 3.05) is 18.0 Å². The van der Waals surface area contributed by atoms with Gasteiger partial charge in [0.05, 0.1) is 5.69 Å². The number of hydrogen-bond acceptors (Lipinski definition) is 3. The molecule has 0 amide bonds. The molecule has 0 atom stereocenters. The van der Waals surface area contributed by atoms with Gasteiger partial charge < -0.3 is 10.0 Å². The summed E-state index contributed by atoms with van der Waals surface area (Å²) in [4.78, 5) is 17.6. The smallest absolute Gasteiger partial charge is 0.339 e. The van der Waals surface area contributed by atoms with E-state index in [1.165, 1.54) is 6.20 Å². The van der Waals surface area contributed by atoms with Crippen molar-refractivity contribution in [3.05, 3.63) is 23.5 Å². The molecule has 2 rings (SSSR count). The molecule has 1 aromatic rings. The molecule has 0 saturated carbocycles. The first-order chi connectivity index (χ1) is 9.29. The lowest BCUT2D eigenvalue weighted by Gasteiger charge is -2.40. The first-order valence-electron chi connectivity index (χ1n) is 7.24. The lowest BCUT2D eigenvalue weighted by molar-refractivity contribution is 0.0697. The molecule has 4 nitrogen and oxygen atoms in total. The summed E-state index contributed by atoms with van der Waals surface area (Å²) < 4.78 is 0. The highest BCUT2D eigenvalue weighted by Crippen LogP contribution is 2.36. The summed E-state index contributed by atoms with van der Waals surface area (Å²) in [7, 11) is 0. The van der Waals surface area contributed by atoms with Crippen LogP contribution in [-0.2, 0) is 0 Å². The second-order valence-corrected chi connectivity index (χ2v) is 6.78. The van der Waals surface area contributed by atoms with Gasteiger partial charge in [-0.25, -0.2) is 4.79 Å². The molecule has 2 heterocycles. The normalized spacial score (nSPS) is 17.3. The van der Waals surface area contributed by atoms with E-state index in [9.17, 15) is 9.90 Å². The van der Waals surface area contributed by atoms with Crippen LogP contribution >= 0.6 is 0 Å². The maximum Gasteiger partial charge on any atom is 0.339 e. The van der Waals surface area contributed by atoms with Gasteiger partial charge >= 0.3 is 5.97 Å². The van der Waals surface area contributed by atoms with Gasteiger partial charge in [-0.2, -0.15) is 0 Å². The van der Waals surface area contributed by atoms with E-state index >= 15 is 0 Å². The first kappa shape index (κ1) is 14.8. The number of anilines is 1. The molecule has 0 aromatic carbocycles. The molecule has 1 N–H and O–H groups in total. The van der Waals surface area contributed by atoms with E-state index in [1.807, 2.05) is 13.0 Å². The Morgan fingerprint density at radius 2 is 1.95 bits per heavy atom. The summed E-state index contributed by atoms with van der Waals surface area (Å²) in [6, 6.07) is 1.89. The van der Waals surface area contributed by atoms with Gasteiger partial charge in [-0.1, -0.05) is 20.8 Å². The van der Waals surface area contributed by atoms with Crippen LogP contribution in [0.25, 0.3) is 0 Å². The Kier molecular flexibility index (Phi) is 4.02. The molecule has 0 aliphatic carbocycles. The molecular weight excluding hydrogens is 252 g/mol. The number of hydrogen-bond donors (Lipinski definition) is 1. The third-order valence-electron chi connectivity index (χ3n) is 4.31. The van der Waals surface area contributed by atoms with Crippen molar-refractivity contribution in [1.82, 2.24) is 4.98 Å². The average molecular weight is 276 g/mol. The van der Waals surface area contributed by atoms with Crippen LogP contribution in [0.1, 0.15) is 49.7 Å². The van der Waals surface area contributed by atoms with Gasteiger partial charge in [0.15, 0.2) is 0 Å². The predicted molar refractivity (Wildman–Crippen MR) is 80.3 cm³/mol. The van der Waals surface area contributed by atoms with Crippen LogP contribution in [0.15, 0.2) is 12.3 Å². The summed E-state index contributed by atoms with van der Waals surface area (Å²) in [6.45, 7) is 10.6. The van der Waals surface area contributed by atoms with Crippen LogP contribution in [0.5, 0.6) is 0 Å². The quantitative estimate of drug-likeness (QED) is 0.900. The Labute approximate surface area is 120 Å². The van der Waals surface area contributed by atoms with Crippen molar-refractivity contribution in [3.63, 3.8) is 0 Å². The van der Waals surface area contributed by atoms with Gasteiger partial charge in [0.1, 0.15) is 5.56 Å². The SMILES string of the molecule is Cc1cc(N2CCC(C(C)(C)C)CC2)c(C(=O)O)cn1. The Morgan fingerprint density at radius 3 is 2.45 bits per heavy atom. The molecule has 1 aliphatic rings. The fourth-order valence-corrected chi connectivity index (χ4v) is 2.96. The molecule has 1 fully saturated rings. The molecule has 0 bridgehead atoms. The van der Waals surface area contributed by atoms with Crippen LogP contribution < -0.4 is 4.90 Å². The van der Waals surface area contributed by atoms with Gasteiger partial charge in [0.25, 0.3) is 0 Å². The van der Waals surface area contributed by atoms with E-state index in [0.29, 0.717) is 16.9 Å². The lowest BCUT2D eigenvalue weighted by Crippen LogP contribution is -2.38. The number of nitrogens with zero attached hydrogens (tertiary/aromatic N) is 2. The number of aromatic carboxylic acids is 1. The van der Waals surface area contributed by atoms with E-state index in [1.54, 1.807) is 0 Å². The summed E-state index contributed by atoms with van der Waals surface area (Å²) in [6.07, 6.45) is 3.71. The van der Waals surface area contributed by atoms with Gasteiger partial charge in [0.2, 0.25) is 0 Å². The van der Waals surface area contributed by atoms with E-state index in [0.717, 1.165) is 37.3 Å². The third-order valence-corrected chi connectivity index (χ3v) is 4.31. The molecule has 1 aliphatic heterocycles. The minimum atomic E-state index is -0.898. The maximum atomic E-state index is 11.3. The molecule has 1 aromatic heterocycles. The topological polar surface area (TPSA) is 53.4 Å². The van der Waals surface area contributed by atoms with Crippen molar-refractivity contribution in [2.24, 2.45) is 11.3 Å². The lowest BCUT2D eigenvalue weighted by atomic mass is 9.75. The zero-order valence-corrected chi connectivity index (χ0v) is 12.8. The number of carboxylic acids is 1. The Balaban J connectivity index is 2.18. The number of piperidine rings is 1. The van der Waals surface area contributed by atoms with Crippen molar-refractivity contribution in [3.8, 4) is 0 Å². The van der Waals surface area contributed by atoms with E-state index in [-0.39, 0.29) is 0 Å². The van der Waals surface area contributed by atoms with E-state index in [2.05, 4.69) is 30.7 Å². The molecule has 0 unspecified atom stereocenters. The van der Waals surface area contributed by atoms with E-state index < -0.39 is 5.97 Å². The minimum Gasteiger partial charge on any atom is -0.478 e. The summed E-state index contributed by atoms with van der Waals surface area (Å²) in [5, 5.41) is 9.30. The van der Waals surface area contributed by atoms with Gasteiger partial charge in [-0.05, 0) is 37.2 Å². The third kappa shape index (κ3) is 3.11. The van der Waals surface area contributed by atoms with Crippen LogP contribution in [0.4, 0.5) is 5.69 Å². The number of pyridine rings is 1. The molecule has 0 radical (unpaired) electrons. The van der Waals surface area contributed by atoms with Crippen LogP contribution in [0.2, 0.25) is 0 Å². The highest BCUT2D eigenvalue weighted by Gasteiger charge is 2.30. The van der Waals surface area contributed by atoms with Crippen LogP contribution in [0, 0.1) is 18.3 Å². The first-order valence-corrected chi connectivity index (χ1v) is 7.24. The van der Waals surface area contributed by atoms with Crippen molar-refractivity contribution in [2.45, 2.75) is 40.5 Å². The van der Waals surface area contributed by atoms with Crippen molar-refractivity contribution in [1.29, 1.82) is 0 Å². The fourth-order valence-electron chi connectivity index (χ4n) is 2.96. The van der Waals surface area contributed by atoms with Crippen molar-refractivity contribution >= 4 is 11.7 Å².